The summed E-state index contributed by atoms with van der Waals surface area (Å²) in [5.41, 5.74) is 1.62. The number of ether oxygens (including phenoxy) is 1. The highest BCUT2D eigenvalue weighted by atomic mass is 79.9. The highest BCUT2D eigenvalue weighted by Crippen LogP contribution is 2.27. The largest absolute Gasteiger partial charge is 0.444 e. The van der Waals surface area contributed by atoms with Crippen LogP contribution in [0.5, 0.6) is 0 Å². The second kappa shape index (κ2) is 7.15. The standard InChI is InChI=1S/C18H23BrN4O2/c1-18(2,3)25-17(24)22-6-4-16(5-7-22)23-12-14(10-21-23)13-8-15(19)11-20-9-13/h8-12,16H,4-7H2,1-3H3. The summed E-state index contributed by atoms with van der Waals surface area (Å²) >= 11 is 3.44. The molecule has 134 valence electrons. The molecule has 7 heteroatoms. The van der Waals surface area contributed by atoms with E-state index in [1.807, 2.05) is 43.9 Å². The van der Waals surface area contributed by atoms with Crippen molar-refractivity contribution in [3.05, 3.63) is 35.3 Å². The summed E-state index contributed by atoms with van der Waals surface area (Å²) in [5, 5.41) is 4.51. The number of nitrogens with zero attached hydrogens (tertiary/aromatic N) is 4. The zero-order chi connectivity index (χ0) is 18.0. The molecule has 0 aliphatic carbocycles. The number of carbonyl (C=O) groups is 1. The monoisotopic (exact) mass is 406 g/mol. The van der Waals surface area contributed by atoms with E-state index >= 15 is 0 Å². The molecule has 0 N–H and O–H groups in total. The molecule has 0 atom stereocenters. The molecule has 0 unspecified atom stereocenters. The van der Waals surface area contributed by atoms with Gasteiger partial charge in [0, 0.05) is 47.3 Å². The third-order valence-corrected chi connectivity index (χ3v) is 4.56. The molecule has 3 heterocycles. The van der Waals surface area contributed by atoms with Gasteiger partial charge in [-0.25, -0.2) is 4.79 Å². The Balaban J connectivity index is 1.61. The van der Waals surface area contributed by atoms with Gasteiger partial charge in [-0.3, -0.25) is 9.67 Å². The first kappa shape index (κ1) is 17.9. The van der Waals surface area contributed by atoms with E-state index in [0.717, 1.165) is 28.4 Å². The van der Waals surface area contributed by atoms with Gasteiger partial charge in [0.2, 0.25) is 0 Å². The molecule has 3 rings (SSSR count). The quantitative estimate of drug-likeness (QED) is 0.746. The SMILES string of the molecule is CC(C)(C)OC(=O)N1CCC(n2cc(-c3cncc(Br)c3)cn2)CC1. The molecule has 1 aliphatic heterocycles. The molecule has 0 saturated carbocycles. The summed E-state index contributed by atoms with van der Waals surface area (Å²) in [6, 6.07) is 2.33. The molecule has 1 fully saturated rings. The lowest BCUT2D eigenvalue weighted by molar-refractivity contribution is 0.0185. The number of rotatable bonds is 2. The third-order valence-electron chi connectivity index (χ3n) is 4.13. The topological polar surface area (TPSA) is 60.2 Å². The molecule has 1 aliphatic rings. The van der Waals surface area contributed by atoms with Gasteiger partial charge in [0.05, 0.1) is 12.2 Å². The van der Waals surface area contributed by atoms with E-state index < -0.39 is 5.60 Å². The van der Waals surface area contributed by atoms with Gasteiger partial charge in [0.15, 0.2) is 0 Å². The molecule has 25 heavy (non-hydrogen) atoms. The predicted molar refractivity (Wildman–Crippen MR) is 99.2 cm³/mol. The van der Waals surface area contributed by atoms with Gasteiger partial charge in [0.1, 0.15) is 5.60 Å². The van der Waals surface area contributed by atoms with Gasteiger partial charge in [-0.15, -0.1) is 0 Å². The molecule has 6 nitrogen and oxygen atoms in total. The van der Waals surface area contributed by atoms with Crippen molar-refractivity contribution in [2.45, 2.75) is 45.3 Å². The van der Waals surface area contributed by atoms with Crippen LogP contribution in [0.15, 0.2) is 35.3 Å². The number of pyridine rings is 1. The summed E-state index contributed by atoms with van der Waals surface area (Å²) in [6.07, 6.45) is 9.03. The van der Waals surface area contributed by atoms with E-state index in [-0.39, 0.29) is 6.09 Å². The number of likely N-dealkylation sites (tertiary alicyclic amines) is 1. The maximum atomic E-state index is 12.1. The lowest BCUT2D eigenvalue weighted by Gasteiger charge is -2.33. The number of aromatic nitrogens is 3. The van der Waals surface area contributed by atoms with Crippen LogP contribution in [0.4, 0.5) is 4.79 Å². The fourth-order valence-electron chi connectivity index (χ4n) is 2.90. The first-order chi connectivity index (χ1) is 11.8. The Bertz CT molecular complexity index is 746. The number of piperidine rings is 1. The van der Waals surface area contributed by atoms with Gasteiger partial charge in [-0.2, -0.15) is 5.10 Å². The second-order valence-electron chi connectivity index (χ2n) is 7.30. The highest BCUT2D eigenvalue weighted by Gasteiger charge is 2.27. The molecule has 1 amide bonds. The molecular weight excluding hydrogens is 384 g/mol. The van der Waals surface area contributed by atoms with Crippen LogP contribution in [0.1, 0.15) is 39.7 Å². The van der Waals surface area contributed by atoms with Crippen LogP contribution >= 0.6 is 15.9 Å². The summed E-state index contributed by atoms with van der Waals surface area (Å²) in [5.74, 6) is 0. The van der Waals surface area contributed by atoms with Crippen LogP contribution in [-0.2, 0) is 4.74 Å². The van der Waals surface area contributed by atoms with E-state index in [2.05, 4.69) is 32.2 Å². The highest BCUT2D eigenvalue weighted by molar-refractivity contribution is 9.10. The van der Waals surface area contributed by atoms with Crippen molar-refractivity contribution in [3.63, 3.8) is 0 Å². The minimum Gasteiger partial charge on any atom is -0.444 e. The first-order valence-corrected chi connectivity index (χ1v) is 9.24. The van der Waals surface area contributed by atoms with E-state index in [9.17, 15) is 4.79 Å². The maximum Gasteiger partial charge on any atom is 0.410 e. The van der Waals surface area contributed by atoms with Crippen molar-refractivity contribution < 1.29 is 9.53 Å². The van der Waals surface area contributed by atoms with Crippen LogP contribution < -0.4 is 0 Å². The Labute approximate surface area is 156 Å². The Morgan fingerprint density at radius 2 is 1.92 bits per heavy atom. The molecule has 0 bridgehead atoms. The first-order valence-electron chi connectivity index (χ1n) is 8.45. The normalized spacial score (nSPS) is 16.1. The van der Waals surface area contributed by atoms with E-state index in [1.54, 1.807) is 11.1 Å². The number of halogens is 1. The Hall–Kier alpha value is -1.89. The number of hydrogen-bond donors (Lipinski definition) is 0. The summed E-state index contributed by atoms with van der Waals surface area (Å²) < 4.78 is 8.39. The molecule has 0 radical (unpaired) electrons. The zero-order valence-electron chi connectivity index (χ0n) is 14.8. The van der Waals surface area contributed by atoms with Gasteiger partial charge in [0.25, 0.3) is 0 Å². The van der Waals surface area contributed by atoms with Crippen molar-refractivity contribution in [1.82, 2.24) is 19.7 Å². The minimum absolute atomic E-state index is 0.229. The molecule has 2 aromatic rings. The van der Waals surface area contributed by atoms with Gasteiger partial charge in [-0.1, -0.05) is 0 Å². The lowest BCUT2D eigenvalue weighted by Crippen LogP contribution is -2.42. The van der Waals surface area contributed by atoms with Crippen LogP contribution in [-0.4, -0.2) is 44.4 Å². The maximum absolute atomic E-state index is 12.1. The van der Waals surface area contributed by atoms with Crippen molar-refractivity contribution in [2.75, 3.05) is 13.1 Å². The summed E-state index contributed by atoms with van der Waals surface area (Å²) in [6.45, 7) is 7.04. The van der Waals surface area contributed by atoms with Crippen LogP contribution in [0.3, 0.4) is 0 Å². The molecule has 2 aromatic heterocycles. The number of carbonyl (C=O) groups excluding carboxylic acids is 1. The molecule has 1 saturated heterocycles. The second-order valence-corrected chi connectivity index (χ2v) is 8.22. The number of amides is 1. The van der Waals surface area contributed by atoms with Crippen molar-refractivity contribution in [3.8, 4) is 11.1 Å². The fraction of sp³-hybridized carbons (Fsp3) is 0.500. The van der Waals surface area contributed by atoms with Gasteiger partial charge >= 0.3 is 6.09 Å². The minimum atomic E-state index is -0.456. The van der Waals surface area contributed by atoms with Crippen molar-refractivity contribution >= 4 is 22.0 Å². The summed E-state index contributed by atoms with van der Waals surface area (Å²) in [4.78, 5) is 18.1. The Morgan fingerprint density at radius 1 is 1.20 bits per heavy atom. The lowest BCUT2D eigenvalue weighted by atomic mass is 10.1. The summed E-state index contributed by atoms with van der Waals surface area (Å²) in [7, 11) is 0. The van der Waals surface area contributed by atoms with Crippen LogP contribution in [0.25, 0.3) is 11.1 Å². The van der Waals surface area contributed by atoms with E-state index in [1.165, 1.54) is 0 Å². The van der Waals surface area contributed by atoms with Crippen molar-refractivity contribution in [1.29, 1.82) is 0 Å². The van der Waals surface area contributed by atoms with Crippen LogP contribution in [0, 0.1) is 0 Å². The fourth-order valence-corrected chi connectivity index (χ4v) is 3.26. The Morgan fingerprint density at radius 3 is 2.56 bits per heavy atom. The predicted octanol–water partition coefficient (Wildman–Crippen LogP) is 4.28. The van der Waals surface area contributed by atoms with E-state index in [0.29, 0.717) is 19.1 Å². The van der Waals surface area contributed by atoms with E-state index in [4.69, 9.17) is 4.74 Å². The number of hydrogen-bond acceptors (Lipinski definition) is 4. The van der Waals surface area contributed by atoms with Crippen molar-refractivity contribution in [2.24, 2.45) is 0 Å². The Kier molecular flexibility index (Phi) is 5.13. The molecule has 0 spiro atoms. The van der Waals surface area contributed by atoms with Crippen LogP contribution in [0.2, 0.25) is 0 Å². The molecule has 0 aromatic carbocycles. The van der Waals surface area contributed by atoms with Gasteiger partial charge < -0.3 is 9.64 Å². The zero-order valence-corrected chi connectivity index (χ0v) is 16.4. The smallest absolute Gasteiger partial charge is 0.410 e. The average molecular weight is 407 g/mol. The molecular formula is C18H23BrN4O2. The van der Waals surface area contributed by atoms with Gasteiger partial charge in [-0.05, 0) is 55.6 Å². The average Bonchev–Trinajstić information content (AvgIpc) is 3.03. The third kappa shape index (κ3) is 4.60.